The molecule has 1 aliphatic carbocycles. The van der Waals surface area contributed by atoms with Gasteiger partial charge in [-0.2, -0.15) is 0 Å². The van der Waals surface area contributed by atoms with Crippen LogP contribution in [0.25, 0.3) is 10.9 Å². The molecular formula is C23H27FN2O. The van der Waals surface area contributed by atoms with Gasteiger partial charge >= 0.3 is 0 Å². The Bertz CT molecular complexity index is 903. The van der Waals surface area contributed by atoms with Gasteiger partial charge in [0.05, 0.1) is 0 Å². The molecule has 0 atom stereocenters. The lowest BCUT2D eigenvalue weighted by molar-refractivity contribution is 0.309. The van der Waals surface area contributed by atoms with E-state index in [-0.39, 0.29) is 5.82 Å². The van der Waals surface area contributed by atoms with E-state index in [0.717, 1.165) is 49.0 Å². The second-order valence-corrected chi connectivity index (χ2v) is 7.31. The largest absolute Gasteiger partial charge is 0.492 e. The molecule has 142 valence electrons. The maximum atomic E-state index is 13.4. The van der Waals surface area contributed by atoms with Gasteiger partial charge in [-0.1, -0.05) is 12.1 Å². The zero-order chi connectivity index (χ0) is 18.5. The monoisotopic (exact) mass is 366 g/mol. The van der Waals surface area contributed by atoms with Crippen molar-refractivity contribution < 1.29 is 9.13 Å². The van der Waals surface area contributed by atoms with E-state index in [2.05, 4.69) is 28.5 Å². The van der Waals surface area contributed by atoms with Gasteiger partial charge in [0.2, 0.25) is 0 Å². The molecule has 27 heavy (non-hydrogen) atoms. The Morgan fingerprint density at radius 3 is 2.96 bits per heavy atom. The van der Waals surface area contributed by atoms with Crippen LogP contribution in [0.15, 0.2) is 42.6 Å². The number of rotatable bonds is 8. The Labute approximate surface area is 159 Å². The first-order chi connectivity index (χ1) is 13.3. The Kier molecular flexibility index (Phi) is 5.73. The third-order valence-corrected chi connectivity index (χ3v) is 5.42. The average Bonchev–Trinajstić information content (AvgIpc) is 3.09. The van der Waals surface area contributed by atoms with E-state index in [1.807, 2.05) is 6.20 Å². The number of aromatic amines is 1. The summed E-state index contributed by atoms with van der Waals surface area (Å²) >= 11 is 0. The standard InChI is InChI=1S/C23H27FN2O/c24-19-10-11-22-21(15-19)18(16-26-22)7-4-12-25-13-14-27-23-9-3-6-17-5-1-2-8-20(17)23/h3,6,9-11,15-16,25-26H,1-2,4-5,7-8,12-14H2. The van der Waals surface area contributed by atoms with Gasteiger partial charge in [-0.3, -0.25) is 0 Å². The van der Waals surface area contributed by atoms with E-state index in [1.54, 1.807) is 12.1 Å². The molecule has 0 spiro atoms. The predicted molar refractivity (Wildman–Crippen MR) is 108 cm³/mol. The molecule has 0 aliphatic heterocycles. The first kappa shape index (κ1) is 18.1. The van der Waals surface area contributed by atoms with Crippen molar-refractivity contribution in [1.82, 2.24) is 10.3 Å². The van der Waals surface area contributed by atoms with Gasteiger partial charge in [0.15, 0.2) is 0 Å². The number of hydrogen-bond acceptors (Lipinski definition) is 2. The van der Waals surface area contributed by atoms with Crippen molar-refractivity contribution in [3.8, 4) is 5.75 Å². The van der Waals surface area contributed by atoms with Gasteiger partial charge in [-0.15, -0.1) is 0 Å². The van der Waals surface area contributed by atoms with E-state index < -0.39 is 0 Å². The van der Waals surface area contributed by atoms with Crippen LogP contribution in [0.1, 0.15) is 36.0 Å². The Balaban J connectivity index is 1.18. The summed E-state index contributed by atoms with van der Waals surface area (Å²) in [6.07, 6.45) is 8.83. The molecule has 4 heteroatoms. The first-order valence-corrected chi connectivity index (χ1v) is 10.0. The molecule has 0 amide bonds. The van der Waals surface area contributed by atoms with Crippen molar-refractivity contribution in [2.75, 3.05) is 19.7 Å². The maximum absolute atomic E-state index is 13.4. The van der Waals surface area contributed by atoms with Crippen molar-refractivity contribution in [2.45, 2.75) is 38.5 Å². The number of benzene rings is 2. The molecule has 0 radical (unpaired) electrons. The number of fused-ring (bicyclic) bond motifs is 2. The molecule has 2 N–H and O–H groups in total. The maximum Gasteiger partial charge on any atom is 0.123 e. The lowest BCUT2D eigenvalue weighted by Crippen LogP contribution is -2.23. The van der Waals surface area contributed by atoms with Gasteiger partial charge < -0.3 is 15.0 Å². The van der Waals surface area contributed by atoms with Crippen LogP contribution in [-0.2, 0) is 19.3 Å². The number of ether oxygens (including phenoxy) is 1. The second kappa shape index (κ2) is 8.57. The Morgan fingerprint density at radius 2 is 2.00 bits per heavy atom. The molecule has 0 bridgehead atoms. The van der Waals surface area contributed by atoms with Crippen LogP contribution in [0.4, 0.5) is 4.39 Å². The van der Waals surface area contributed by atoms with E-state index >= 15 is 0 Å². The van der Waals surface area contributed by atoms with Crippen LogP contribution in [0.2, 0.25) is 0 Å². The fourth-order valence-corrected chi connectivity index (χ4v) is 4.00. The SMILES string of the molecule is Fc1ccc2[nH]cc(CCCNCCOc3cccc4c3CCCC4)c2c1. The summed E-state index contributed by atoms with van der Waals surface area (Å²) in [5.74, 6) is 0.886. The molecule has 3 nitrogen and oxygen atoms in total. The van der Waals surface area contributed by atoms with Crippen molar-refractivity contribution in [1.29, 1.82) is 0 Å². The first-order valence-electron chi connectivity index (χ1n) is 10.0. The van der Waals surface area contributed by atoms with Crippen LogP contribution < -0.4 is 10.1 Å². The molecule has 0 saturated heterocycles. The highest BCUT2D eigenvalue weighted by Crippen LogP contribution is 2.29. The van der Waals surface area contributed by atoms with Crippen LogP contribution in [0.3, 0.4) is 0 Å². The summed E-state index contributed by atoms with van der Waals surface area (Å²) in [7, 11) is 0. The lowest BCUT2D eigenvalue weighted by Gasteiger charge is -2.19. The Morgan fingerprint density at radius 1 is 1.07 bits per heavy atom. The zero-order valence-electron chi connectivity index (χ0n) is 15.7. The molecule has 3 aromatic rings. The predicted octanol–water partition coefficient (Wildman–Crippen LogP) is 4.79. The summed E-state index contributed by atoms with van der Waals surface area (Å²) in [5.41, 5.74) is 5.05. The number of nitrogens with one attached hydrogen (secondary N) is 2. The smallest absolute Gasteiger partial charge is 0.123 e. The van der Waals surface area contributed by atoms with Crippen LogP contribution in [-0.4, -0.2) is 24.7 Å². The van der Waals surface area contributed by atoms with Crippen molar-refractivity contribution >= 4 is 10.9 Å². The van der Waals surface area contributed by atoms with E-state index in [1.165, 1.54) is 42.0 Å². The van der Waals surface area contributed by atoms with Crippen LogP contribution in [0, 0.1) is 5.82 Å². The van der Waals surface area contributed by atoms with Gasteiger partial charge in [0.25, 0.3) is 0 Å². The molecule has 1 heterocycles. The minimum absolute atomic E-state index is 0.179. The highest BCUT2D eigenvalue weighted by Gasteiger charge is 2.13. The molecule has 1 aliphatic rings. The second-order valence-electron chi connectivity index (χ2n) is 7.31. The van der Waals surface area contributed by atoms with Crippen molar-refractivity contribution in [2.24, 2.45) is 0 Å². The van der Waals surface area contributed by atoms with Crippen LogP contribution >= 0.6 is 0 Å². The zero-order valence-corrected chi connectivity index (χ0v) is 15.7. The molecular weight excluding hydrogens is 339 g/mol. The van der Waals surface area contributed by atoms with Gasteiger partial charge in [0.1, 0.15) is 18.2 Å². The van der Waals surface area contributed by atoms with E-state index in [0.29, 0.717) is 6.61 Å². The minimum Gasteiger partial charge on any atom is -0.492 e. The summed E-state index contributed by atoms with van der Waals surface area (Å²) in [6.45, 7) is 2.46. The average molecular weight is 366 g/mol. The van der Waals surface area contributed by atoms with Gasteiger partial charge in [-0.05, 0) is 86.0 Å². The molecule has 2 aromatic carbocycles. The number of H-pyrrole nitrogens is 1. The molecule has 0 unspecified atom stereocenters. The molecule has 1 aromatic heterocycles. The Hall–Kier alpha value is -2.33. The number of aromatic nitrogens is 1. The van der Waals surface area contributed by atoms with Gasteiger partial charge in [0, 0.05) is 23.6 Å². The quantitative estimate of drug-likeness (QED) is 0.563. The third kappa shape index (κ3) is 4.33. The fraction of sp³-hybridized carbons (Fsp3) is 0.391. The molecule has 0 fully saturated rings. The normalized spacial score (nSPS) is 13.7. The minimum atomic E-state index is -0.179. The highest BCUT2D eigenvalue weighted by atomic mass is 19.1. The summed E-state index contributed by atoms with van der Waals surface area (Å²) < 4.78 is 19.4. The number of halogens is 1. The molecule has 4 rings (SSSR count). The number of hydrogen-bond donors (Lipinski definition) is 2. The summed E-state index contributed by atoms with van der Waals surface area (Å²) in [5, 5.41) is 4.44. The number of aryl methyl sites for hydroxylation is 2. The fourth-order valence-electron chi connectivity index (χ4n) is 4.00. The van der Waals surface area contributed by atoms with E-state index in [9.17, 15) is 4.39 Å². The van der Waals surface area contributed by atoms with Gasteiger partial charge in [-0.25, -0.2) is 4.39 Å². The van der Waals surface area contributed by atoms with Crippen molar-refractivity contribution in [3.05, 3.63) is 65.1 Å². The van der Waals surface area contributed by atoms with E-state index in [4.69, 9.17) is 4.74 Å². The summed E-state index contributed by atoms with van der Waals surface area (Å²) in [4.78, 5) is 3.21. The lowest BCUT2D eigenvalue weighted by atomic mass is 9.91. The van der Waals surface area contributed by atoms with Crippen LogP contribution in [0.5, 0.6) is 5.75 Å². The topological polar surface area (TPSA) is 37.0 Å². The van der Waals surface area contributed by atoms with Crippen molar-refractivity contribution in [3.63, 3.8) is 0 Å². The summed E-state index contributed by atoms with van der Waals surface area (Å²) in [6, 6.07) is 11.3. The molecule has 0 saturated carbocycles. The highest BCUT2D eigenvalue weighted by molar-refractivity contribution is 5.83. The third-order valence-electron chi connectivity index (χ3n) is 5.42.